The number of phenols is 1. The summed E-state index contributed by atoms with van der Waals surface area (Å²) in [5.74, 6) is -0.129. The van der Waals surface area contributed by atoms with Crippen molar-refractivity contribution in [1.29, 1.82) is 0 Å². The van der Waals surface area contributed by atoms with Gasteiger partial charge in [0, 0.05) is 25.1 Å². The number of ether oxygens (including phenoxy) is 1. The van der Waals surface area contributed by atoms with Crippen LogP contribution >= 0.6 is 0 Å². The summed E-state index contributed by atoms with van der Waals surface area (Å²) in [5, 5.41) is 22.3. The highest BCUT2D eigenvalue weighted by Crippen LogP contribution is 2.25. The van der Waals surface area contributed by atoms with Crippen molar-refractivity contribution in [1.82, 2.24) is 5.32 Å². The number of aliphatic hydroxyl groups is 1. The van der Waals surface area contributed by atoms with Gasteiger partial charge in [-0.3, -0.25) is 4.79 Å². The zero-order valence-corrected chi connectivity index (χ0v) is 11.1. The second kappa shape index (κ2) is 5.19. The third kappa shape index (κ3) is 2.88. The van der Waals surface area contributed by atoms with E-state index in [1.165, 1.54) is 12.1 Å². The first-order valence-corrected chi connectivity index (χ1v) is 6.34. The van der Waals surface area contributed by atoms with E-state index in [9.17, 15) is 15.0 Å². The number of nitrogens with one attached hydrogen (secondary N) is 1. The number of amides is 1. The van der Waals surface area contributed by atoms with E-state index in [0.717, 1.165) is 0 Å². The maximum absolute atomic E-state index is 12.0. The maximum atomic E-state index is 12.0. The summed E-state index contributed by atoms with van der Waals surface area (Å²) >= 11 is 0. The Labute approximate surface area is 112 Å². The van der Waals surface area contributed by atoms with E-state index >= 15 is 0 Å². The molecule has 1 aromatic rings. The van der Waals surface area contributed by atoms with Crippen LogP contribution in [0.4, 0.5) is 0 Å². The quantitative estimate of drug-likeness (QED) is 0.761. The van der Waals surface area contributed by atoms with Gasteiger partial charge in [-0.1, -0.05) is 0 Å². The number of benzene rings is 1. The van der Waals surface area contributed by atoms with E-state index in [4.69, 9.17) is 4.74 Å². The summed E-state index contributed by atoms with van der Waals surface area (Å²) in [6, 6.07) is 4.57. The van der Waals surface area contributed by atoms with Gasteiger partial charge in [-0.25, -0.2) is 0 Å². The van der Waals surface area contributed by atoms with Crippen LogP contribution in [0.5, 0.6) is 5.75 Å². The summed E-state index contributed by atoms with van der Waals surface area (Å²) in [4.78, 5) is 12.0. The molecule has 1 aromatic carbocycles. The maximum Gasteiger partial charge on any atom is 0.251 e. The van der Waals surface area contributed by atoms with Gasteiger partial charge in [-0.15, -0.1) is 0 Å². The van der Waals surface area contributed by atoms with Crippen LogP contribution in [0.2, 0.25) is 0 Å². The average Bonchev–Trinajstić information content (AvgIpc) is 2.67. The highest BCUT2D eigenvalue weighted by atomic mass is 16.5. The van der Waals surface area contributed by atoms with Crippen molar-refractivity contribution >= 4 is 5.91 Å². The third-order valence-electron chi connectivity index (χ3n) is 3.67. The average molecular weight is 265 g/mol. The monoisotopic (exact) mass is 265 g/mol. The van der Waals surface area contributed by atoms with Gasteiger partial charge in [0.15, 0.2) is 0 Å². The molecule has 1 aliphatic heterocycles. The fourth-order valence-electron chi connectivity index (χ4n) is 2.23. The van der Waals surface area contributed by atoms with Crippen molar-refractivity contribution in [3.63, 3.8) is 0 Å². The summed E-state index contributed by atoms with van der Waals surface area (Å²) in [6.07, 6.45) is 0.233. The molecule has 0 spiro atoms. The Morgan fingerprint density at radius 3 is 2.89 bits per heavy atom. The minimum absolute atomic E-state index is 0.130. The standard InChI is InChI=1S/C14H19NO4/c1-9-7-11(16)3-4-12(9)13(17)15-8-14(18)5-6-19-10(14)2/h3-4,7,10,16,18H,5-6,8H2,1-2H3,(H,15,17). The number of hydrogen-bond acceptors (Lipinski definition) is 4. The van der Waals surface area contributed by atoms with Gasteiger partial charge < -0.3 is 20.3 Å². The van der Waals surface area contributed by atoms with Crippen molar-refractivity contribution in [3.05, 3.63) is 29.3 Å². The lowest BCUT2D eigenvalue weighted by Crippen LogP contribution is -2.47. The number of carbonyl (C=O) groups excluding carboxylic acids is 1. The fraction of sp³-hybridized carbons (Fsp3) is 0.500. The molecule has 1 amide bonds. The molecule has 1 fully saturated rings. The van der Waals surface area contributed by atoms with E-state index in [0.29, 0.717) is 24.2 Å². The first-order chi connectivity index (χ1) is 8.92. The first kappa shape index (κ1) is 13.8. The minimum Gasteiger partial charge on any atom is -0.508 e. The summed E-state index contributed by atoms with van der Waals surface area (Å²) in [6.45, 7) is 4.22. The molecule has 0 saturated carbocycles. The molecule has 2 atom stereocenters. The van der Waals surface area contributed by atoms with E-state index in [-0.39, 0.29) is 24.3 Å². The van der Waals surface area contributed by atoms with Crippen LogP contribution in [0.3, 0.4) is 0 Å². The molecule has 1 aliphatic rings. The summed E-state index contributed by atoms with van der Waals surface area (Å²) in [5.41, 5.74) is 0.189. The van der Waals surface area contributed by atoms with E-state index in [2.05, 4.69) is 5.32 Å². The highest BCUT2D eigenvalue weighted by Gasteiger charge is 2.39. The van der Waals surface area contributed by atoms with Crippen LogP contribution < -0.4 is 5.32 Å². The van der Waals surface area contributed by atoms with E-state index in [1.54, 1.807) is 19.9 Å². The minimum atomic E-state index is -1.000. The van der Waals surface area contributed by atoms with Gasteiger partial charge in [0.2, 0.25) is 0 Å². The van der Waals surface area contributed by atoms with Crippen molar-refractivity contribution in [2.24, 2.45) is 0 Å². The SMILES string of the molecule is Cc1cc(O)ccc1C(=O)NCC1(O)CCOC1C. The van der Waals surface area contributed by atoms with Crippen LogP contribution in [0.25, 0.3) is 0 Å². The van der Waals surface area contributed by atoms with Gasteiger partial charge in [-0.05, 0) is 37.6 Å². The number of phenolic OH excluding ortho intramolecular Hbond substituents is 1. The Balaban J connectivity index is 2.02. The number of rotatable bonds is 3. The largest absolute Gasteiger partial charge is 0.508 e. The molecule has 0 bridgehead atoms. The van der Waals surface area contributed by atoms with E-state index < -0.39 is 5.60 Å². The van der Waals surface area contributed by atoms with Gasteiger partial charge in [0.05, 0.1) is 6.10 Å². The molecule has 0 aliphatic carbocycles. The van der Waals surface area contributed by atoms with Crippen LogP contribution in [-0.2, 0) is 4.74 Å². The van der Waals surface area contributed by atoms with Crippen molar-refractivity contribution < 1.29 is 19.7 Å². The second-order valence-electron chi connectivity index (χ2n) is 5.05. The molecule has 3 N–H and O–H groups in total. The lowest BCUT2D eigenvalue weighted by molar-refractivity contribution is -0.0251. The molecule has 1 heterocycles. The Bertz CT molecular complexity index is 488. The number of carbonyl (C=O) groups is 1. The van der Waals surface area contributed by atoms with Crippen LogP contribution in [0.1, 0.15) is 29.3 Å². The highest BCUT2D eigenvalue weighted by molar-refractivity contribution is 5.95. The first-order valence-electron chi connectivity index (χ1n) is 6.34. The molecule has 19 heavy (non-hydrogen) atoms. The lowest BCUT2D eigenvalue weighted by atomic mass is 9.96. The molecule has 104 valence electrons. The van der Waals surface area contributed by atoms with Crippen LogP contribution in [0.15, 0.2) is 18.2 Å². The molecule has 5 heteroatoms. The van der Waals surface area contributed by atoms with Crippen molar-refractivity contribution in [2.45, 2.75) is 32.0 Å². The molecule has 2 rings (SSSR count). The predicted molar refractivity (Wildman–Crippen MR) is 70.2 cm³/mol. The molecular weight excluding hydrogens is 246 g/mol. The zero-order chi connectivity index (χ0) is 14.0. The molecule has 0 radical (unpaired) electrons. The fourth-order valence-corrected chi connectivity index (χ4v) is 2.23. The molecule has 1 saturated heterocycles. The molecule has 5 nitrogen and oxygen atoms in total. The number of aryl methyl sites for hydroxylation is 1. The lowest BCUT2D eigenvalue weighted by Gasteiger charge is -2.26. The third-order valence-corrected chi connectivity index (χ3v) is 3.67. The van der Waals surface area contributed by atoms with Gasteiger partial charge in [-0.2, -0.15) is 0 Å². The Morgan fingerprint density at radius 2 is 2.32 bits per heavy atom. The predicted octanol–water partition coefficient (Wildman–Crippen LogP) is 0.970. The normalized spacial score (nSPS) is 26.4. The topological polar surface area (TPSA) is 78.8 Å². The molecule has 2 unspecified atom stereocenters. The van der Waals surface area contributed by atoms with Crippen LogP contribution in [0, 0.1) is 6.92 Å². The number of hydrogen-bond donors (Lipinski definition) is 3. The zero-order valence-electron chi connectivity index (χ0n) is 11.1. The van der Waals surface area contributed by atoms with Gasteiger partial charge in [0.25, 0.3) is 5.91 Å². The smallest absolute Gasteiger partial charge is 0.251 e. The van der Waals surface area contributed by atoms with Crippen molar-refractivity contribution in [2.75, 3.05) is 13.2 Å². The Morgan fingerprint density at radius 1 is 1.58 bits per heavy atom. The van der Waals surface area contributed by atoms with Crippen molar-refractivity contribution in [3.8, 4) is 5.75 Å². The molecular formula is C14H19NO4. The van der Waals surface area contributed by atoms with Gasteiger partial charge in [0.1, 0.15) is 11.4 Å². The van der Waals surface area contributed by atoms with Gasteiger partial charge >= 0.3 is 0 Å². The second-order valence-corrected chi connectivity index (χ2v) is 5.05. The van der Waals surface area contributed by atoms with E-state index in [1.807, 2.05) is 0 Å². The molecule has 0 aromatic heterocycles. The summed E-state index contributed by atoms with van der Waals surface area (Å²) < 4.78 is 5.31. The number of aromatic hydroxyl groups is 1. The Kier molecular flexibility index (Phi) is 3.78. The Hall–Kier alpha value is -1.59. The van der Waals surface area contributed by atoms with Crippen LogP contribution in [-0.4, -0.2) is 41.0 Å². The summed E-state index contributed by atoms with van der Waals surface area (Å²) in [7, 11) is 0.